The topological polar surface area (TPSA) is 33.2 Å². The first kappa shape index (κ1) is 14.3. The summed E-state index contributed by atoms with van der Waals surface area (Å²) in [7, 11) is 0. The van der Waals surface area contributed by atoms with Crippen LogP contribution in [0.1, 0.15) is 31.5 Å². The Balaban J connectivity index is 1.77. The van der Waals surface area contributed by atoms with Crippen molar-refractivity contribution in [3.05, 3.63) is 59.9 Å². The van der Waals surface area contributed by atoms with E-state index in [1.165, 1.54) is 0 Å². The zero-order valence-electron chi connectivity index (χ0n) is 12.8. The van der Waals surface area contributed by atoms with Gasteiger partial charge < -0.3 is 4.90 Å². The number of nitrogens with zero attached hydrogens (tertiary/aromatic N) is 2. The van der Waals surface area contributed by atoms with Crippen molar-refractivity contribution in [2.75, 3.05) is 11.4 Å². The molecule has 0 unspecified atom stereocenters. The average Bonchev–Trinajstić information content (AvgIpc) is 2.80. The van der Waals surface area contributed by atoms with Gasteiger partial charge in [-0.05, 0) is 35.6 Å². The minimum atomic E-state index is 0.0306. The largest absolute Gasteiger partial charge is 0.310 e. The van der Waals surface area contributed by atoms with Crippen LogP contribution in [-0.2, 0) is 4.79 Å². The molecule has 1 aliphatic rings. The van der Waals surface area contributed by atoms with Crippen molar-refractivity contribution in [2.45, 2.75) is 20.3 Å². The van der Waals surface area contributed by atoms with Gasteiger partial charge in [-0.2, -0.15) is 0 Å². The highest BCUT2D eigenvalue weighted by Gasteiger charge is 2.36. The Kier molecular flexibility index (Phi) is 3.68. The van der Waals surface area contributed by atoms with Crippen molar-refractivity contribution in [1.82, 2.24) is 4.98 Å². The number of amides is 1. The van der Waals surface area contributed by atoms with Crippen LogP contribution in [-0.4, -0.2) is 17.4 Å². The van der Waals surface area contributed by atoms with Gasteiger partial charge in [-0.3, -0.25) is 4.79 Å². The number of hydrogen-bond acceptors (Lipinski definition) is 2. The molecule has 1 fully saturated rings. The second kappa shape index (κ2) is 5.65. The van der Waals surface area contributed by atoms with Gasteiger partial charge in [0.2, 0.25) is 5.91 Å². The van der Waals surface area contributed by atoms with Crippen LogP contribution in [0.25, 0.3) is 0 Å². The Hall–Kier alpha value is -2.60. The lowest BCUT2D eigenvalue weighted by Gasteiger charge is -2.19. The second-order valence-electron chi connectivity index (χ2n) is 6.34. The molecule has 0 N–H and O–H groups in total. The van der Waals surface area contributed by atoms with Crippen molar-refractivity contribution < 1.29 is 4.79 Å². The van der Waals surface area contributed by atoms with E-state index < -0.39 is 0 Å². The van der Waals surface area contributed by atoms with E-state index in [9.17, 15) is 4.79 Å². The fourth-order valence-electron chi connectivity index (χ4n) is 2.59. The van der Waals surface area contributed by atoms with Gasteiger partial charge in [0.15, 0.2) is 0 Å². The maximum Gasteiger partial charge on any atom is 0.227 e. The van der Waals surface area contributed by atoms with Crippen molar-refractivity contribution >= 4 is 11.6 Å². The van der Waals surface area contributed by atoms with Gasteiger partial charge in [-0.15, -0.1) is 0 Å². The van der Waals surface area contributed by atoms with E-state index in [4.69, 9.17) is 0 Å². The number of aromatic nitrogens is 1. The molecule has 0 spiro atoms. The number of carbonyl (C=O) groups excluding carboxylic acids is 1. The smallest absolute Gasteiger partial charge is 0.227 e. The SMILES string of the molecule is CC1(C)CC(=O)N(c2ccc(C#Cc3ccccc3)nc2)C1. The highest BCUT2D eigenvalue weighted by Crippen LogP contribution is 2.33. The monoisotopic (exact) mass is 290 g/mol. The van der Waals surface area contributed by atoms with Gasteiger partial charge in [0.1, 0.15) is 5.69 Å². The fraction of sp³-hybridized carbons (Fsp3) is 0.263. The van der Waals surface area contributed by atoms with Crippen LogP contribution in [0.5, 0.6) is 0 Å². The summed E-state index contributed by atoms with van der Waals surface area (Å²) >= 11 is 0. The normalized spacial score (nSPS) is 16.3. The van der Waals surface area contributed by atoms with E-state index in [1.807, 2.05) is 42.5 Å². The summed E-state index contributed by atoms with van der Waals surface area (Å²) in [4.78, 5) is 18.2. The zero-order valence-corrected chi connectivity index (χ0v) is 12.8. The molecule has 1 aromatic heterocycles. The minimum absolute atomic E-state index is 0.0306. The lowest BCUT2D eigenvalue weighted by atomic mass is 9.93. The van der Waals surface area contributed by atoms with Gasteiger partial charge in [0.25, 0.3) is 0 Å². The van der Waals surface area contributed by atoms with Crippen molar-refractivity contribution in [1.29, 1.82) is 0 Å². The van der Waals surface area contributed by atoms with Crippen LogP contribution in [0, 0.1) is 17.3 Å². The van der Waals surface area contributed by atoms with Gasteiger partial charge in [0.05, 0.1) is 11.9 Å². The van der Waals surface area contributed by atoms with Crippen LogP contribution in [0.15, 0.2) is 48.7 Å². The summed E-state index contributed by atoms with van der Waals surface area (Å²) in [6.07, 6.45) is 2.32. The fourth-order valence-corrected chi connectivity index (χ4v) is 2.59. The van der Waals surface area contributed by atoms with Crippen LogP contribution in [0.4, 0.5) is 5.69 Å². The van der Waals surface area contributed by atoms with Crippen LogP contribution in [0.3, 0.4) is 0 Å². The standard InChI is InChI=1S/C19H18N2O/c1-19(2)12-18(22)21(14-19)17-11-10-16(20-13-17)9-8-15-6-4-3-5-7-15/h3-7,10-11,13H,12,14H2,1-2H3. The summed E-state index contributed by atoms with van der Waals surface area (Å²) in [6, 6.07) is 13.6. The van der Waals surface area contributed by atoms with E-state index in [1.54, 1.807) is 11.1 Å². The molecule has 1 saturated heterocycles. The Labute approximate surface area is 131 Å². The molecule has 0 aliphatic carbocycles. The number of carbonyl (C=O) groups is 1. The predicted molar refractivity (Wildman–Crippen MR) is 87.4 cm³/mol. The van der Waals surface area contributed by atoms with Gasteiger partial charge in [-0.25, -0.2) is 4.98 Å². The summed E-state index contributed by atoms with van der Waals surface area (Å²) in [5, 5.41) is 0. The molecule has 0 radical (unpaired) electrons. The van der Waals surface area contributed by atoms with Crippen LogP contribution >= 0.6 is 0 Å². The first-order valence-electron chi connectivity index (χ1n) is 7.37. The van der Waals surface area contributed by atoms with Crippen molar-refractivity contribution in [2.24, 2.45) is 5.41 Å². The molecule has 3 rings (SSSR count). The lowest BCUT2D eigenvalue weighted by molar-refractivity contribution is -0.117. The van der Waals surface area contributed by atoms with E-state index in [0.29, 0.717) is 12.1 Å². The summed E-state index contributed by atoms with van der Waals surface area (Å²) in [5.74, 6) is 6.28. The molecule has 110 valence electrons. The molecule has 3 heteroatoms. The Morgan fingerprint density at radius 3 is 2.45 bits per heavy atom. The summed E-state index contributed by atoms with van der Waals surface area (Å²) in [5.41, 5.74) is 2.55. The molecule has 0 saturated carbocycles. The van der Waals surface area contributed by atoms with E-state index in [0.717, 1.165) is 17.8 Å². The van der Waals surface area contributed by atoms with Crippen molar-refractivity contribution in [3.8, 4) is 11.8 Å². The number of benzene rings is 1. The Morgan fingerprint density at radius 2 is 1.86 bits per heavy atom. The first-order valence-corrected chi connectivity index (χ1v) is 7.37. The molecule has 1 amide bonds. The lowest BCUT2D eigenvalue weighted by Crippen LogP contribution is -2.26. The molecule has 2 aromatic rings. The van der Waals surface area contributed by atoms with Gasteiger partial charge in [0, 0.05) is 18.5 Å². The van der Waals surface area contributed by atoms with Crippen LogP contribution in [0.2, 0.25) is 0 Å². The van der Waals surface area contributed by atoms with Crippen molar-refractivity contribution in [3.63, 3.8) is 0 Å². The molecule has 1 aromatic carbocycles. The first-order chi connectivity index (χ1) is 10.5. The third kappa shape index (κ3) is 3.17. The van der Waals surface area contributed by atoms with Crippen LogP contribution < -0.4 is 4.90 Å². The number of hydrogen-bond donors (Lipinski definition) is 0. The zero-order chi connectivity index (χ0) is 15.6. The molecule has 0 atom stereocenters. The molecular formula is C19H18N2O. The number of pyridine rings is 1. The third-order valence-electron chi connectivity index (χ3n) is 3.69. The molecule has 2 heterocycles. The number of rotatable bonds is 1. The van der Waals surface area contributed by atoms with Gasteiger partial charge >= 0.3 is 0 Å². The molecule has 3 nitrogen and oxygen atoms in total. The molecule has 1 aliphatic heterocycles. The molecular weight excluding hydrogens is 272 g/mol. The summed E-state index contributed by atoms with van der Waals surface area (Å²) in [6.45, 7) is 4.96. The maximum absolute atomic E-state index is 12.1. The van der Waals surface area contributed by atoms with E-state index in [2.05, 4.69) is 30.7 Å². The highest BCUT2D eigenvalue weighted by atomic mass is 16.2. The Morgan fingerprint density at radius 1 is 1.09 bits per heavy atom. The van der Waals surface area contributed by atoms with E-state index >= 15 is 0 Å². The second-order valence-corrected chi connectivity index (χ2v) is 6.34. The Bertz CT molecular complexity index is 736. The molecule has 22 heavy (non-hydrogen) atoms. The number of anilines is 1. The minimum Gasteiger partial charge on any atom is -0.310 e. The highest BCUT2D eigenvalue weighted by molar-refractivity contribution is 5.96. The third-order valence-corrected chi connectivity index (χ3v) is 3.69. The maximum atomic E-state index is 12.1. The van der Waals surface area contributed by atoms with E-state index in [-0.39, 0.29) is 11.3 Å². The molecule has 0 bridgehead atoms. The van der Waals surface area contributed by atoms with Gasteiger partial charge in [-0.1, -0.05) is 38.0 Å². The quantitative estimate of drug-likeness (QED) is 0.755. The predicted octanol–water partition coefficient (Wildman–Crippen LogP) is 3.24. The average molecular weight is 290 g/mol. The summed E-state index contributed by atoms with van der Waals surface area (Å²) < 4.78 is 0.